The van der Waals surface area contributed by atoms with Gasteiger partial charge in [-0.1, -0.05) is 50.7 Å². The van der Waals surface area contributed by atoms with Crippen LogP contribution in [0, 0.1) is 5.82 Å². The fourth-order valence-corrected chi connectivity index (χ4v) is 5.69. The maximum absolute atomic E-state index is 13.4. The quantitative estimate of drug-likeness (QED) is 0.700. The summed E-state index contributed by atoms with van der Waals surface area (Å²) in [5, 5.41) is 3.40. The Morgan fingerprint density at radius 1 is 0.933 bits per heavy atom. The van der Waals surface area contributed by atoms with E-state index in [4.69, 9.17) is 0 Å². The molecule has 1 aromatic rings. The van der Waals surface area contributed by atoms with Gasteiger partial charge in [-0.15, -0.1) is 0 Å². The lowest BCUT2D eigenvalue weighted by atomic mass is 9.89. The van der Waals surface area contributed by atoms with Gasteiger partial charge in [-0.25, -0.2) is 9.18 Å². The van der Waals surface area contributed by atoms with E-state index in [0.29, 0.717) is 12.1 Å². The second kappa shape index (κ2) is 10.6. The van der Waals surface area contributed by atoms with Gasteiger partial charge in [0.1, 0.15) is 5.82 Å². The Balaban J connectivity index is 1.29. The number of likely N-dealkylation sites (tertiary alicyclic amines) is 1. The summed E-state index contributed by atoms with van der Waals surface area (Å²) in [6, 6.07) is 8.14. The zero-order valence-corrected chi connectivity index (χ0v) is 18.3. The molecule has 2 amide bonds. The third-order valence-electron chi connectivity index (χ3n) is 7.40. The molecule has 2 saturated carbocycles. The van der Waals surface area contributed by atoms with Crippen LogP contribution in [-0.2, 0) is 6.42 Å². The molecule has 166 valence electrons. The van der Waals surface area contributed by atoms with Gasteiger partial charge in [-0.2, -0.15) is 0 Å². The highest BCUT2D eigenvalue weighted by Gasteiger charge is 2.34. The van der Waals surface area contributed by atoms with Crippen LogP contribution in [-0.4, -0.2) is 53.6 Å². The second-order valence-electron chi connectivity index (χ2n) is 9.60. The molecule has 1 unspecified atom stereocenters. The van der Waals surface area contributed by atoms with Crippen molar-refractivity contribution in [3.63, 3.8) is 0 Å². The van der Waals surface area contributed by atoms with Crippen LogP contribution in [0.1, 0.15) is 76.2 Å². The van der Waals surface area contributed by atoms with Crippen LogP contribution in [0.4, 0.5) is 9.18 Å². The molecule has 4 rings (SSSR count). The van der Waals surface area contributed by atoms with Crippen molar-refractivity contribution in [2.75, 3.05) is 19.6 Å². The van der Waals surface area contributed by atoms with Crippen LogP contribution in [0.25, 0.3) is 0 Å². The zero-order valence-electron chi connectivity index (χ0n) is 18.3. The summed E-state index contributed by atoms with van der Waals surface area (Å²) < 4.78 is 13.1. The Hall–Kier alpha value is -1.62. The number of benzene rings is 1. The fourth-order valence-electron chi connectivity index (χ4n) is 5.69. The van der Waals surface area contributed by atoms with Gasteiger partial charge in [0.15, 0.2) is 0 Å². The maximum Gasteiger partial charge on any atom is 0.318 e. The molecule has 0 bridgehead atoms. The summed E-state index contributed by atoms with van der Waals surface area (Å²) in [4.78, 5) is 18.1. The third kappa shape index (κ3) is 5.75. The number of carbonyl (C=O) groups is 1. The number of nitrogens with one attached hydrogen (secondary N) is 1. The molecule has 30 heavy (non-hydrogen) atoms. The number of amides is 2. The number of hydrogen-bond acceptors (Lipinski definition) is 2. The number of rotatable bonds is 6. The topological polar surface area (TPSA) is 35.6 Å². The van der Waals surface area contributed by atoms with Gasteiger partial charge in [-0.05, 0) is 56.2 Å². The highest BCUT2D eigenvalue weighted by atomic mass is 19.1. The van der Waals surface area contributed by atoms with E-state index < -0.39 is 0 Å². The standard InChI is InChI=1S/C25H38FN3O/c26-21-13-11-20(12-14-21)15-17-28-18-16-22(19-28)27-25(30)29(23-7-3-1-4-8-23)24-9-5-2-6-10-24/h11-14,22-24H,1-10,15-19H2,(H,27,30). The molecule has 1 atom stereocenters. The summed E-state index contributed by atoms with van der Waals surface area (Å²) >= 11 is 0. The lowest BCUT2D eigenvalue weighted by Crippen LogP contribution is -2.55. The summed E-state index contributed by atoms with van der Waals surface area (Å²) in [5.74, 6) is -0.178. The molecule has 3 fully saturated rings. The Kier molecular flexibility index (Phi) is 7.64. The highest BCUT2D eigenvalue weighted by molar-refractivity contribution is 5.75. The van der Waals surface area contributed by atoms with Crippen molar-refractivity contribution in [3.8, 4) is 0 Å². The molecular weight excluding hydrogens is 377 g/mol. The maximum atomic E-state index is 13.4. The van der Waals surface area contributed by atoms with Crippen LogP contribution in [0.2, 0.25) is 0 Å². The Morgan fingerprint density at radius 3 is 2.13 bits per heavy atom. The smallest absolute Gasteiger partial charge is 0.318 e. The van der Waals surface area contributed by atoms with Crippen LogP contribution >= 0.6 is 0 Å². The molecule has 3 aliphatic rings. The largest absolute Gasteiger partial charge is 0.334 e. The van der Waals surface area contributed by atoms with Crippen LogP contribution in [0.15, 0.2) is 24.3 Å². The van der Waals surface area contributed by atoms with E-state index in [2.05, 4.69) is 15.1 Å². The third-order valence-corrected chi connectivity index (χ3v) is 7.40. The number of carbonyl (C=O) groups excluding carboxylic acids is 1. The van der Waals surface area contributed by atoms with Gasteiger partial charge < -0.3 is 15.1 Å². The van der Waals surface area contributed by atoms with Crippen LogP contribution < -0.4 is 5.32 Å². The minimum absolute atomic E-state index is 0.178. The molecule has 1 aromatic carbocycles. The molecule has 1 saturated heterocycles. The van der Waals surface area contributed by atoms with Crippen molar-refractivity contribution in [1.29, 1.82) is 0 Å². The molecule has 0 spiro atoms. The first-order valence-corrected chi connectivity index (χ1v) is 12.2. The molecule has 5 heteroatoms. The summed E-state index contributed by atoms with van der Waals surface area (Å²) in [7, 11) is 0. The highest BCUT2D eigenvalue weighted by Crippen LogP contribution is 2.30. The lowest BCUT2D eigenvalue weighted by Gasteiger charge is -2.42. The molecule has 1 N–H and O–H groups in total. The summed E-state index contributed by atoms with van der Waals surface area (Å²) in [5.41, 5.74) is 1.17. The monoisotopic (exact) mass is 415 g/mol. The van der Waals surface area contributed by atoms with Crippen molar-refractivity contribution in [2.24, 2.45) is 0 Å². The molecular formula is C25H38FN3O. The number of halogens is 1. The van der Waals surface area contributed by atoms with Crippen molar-refractivity contribution in [1.82, 2.24) is 15.1 Å². The first-order chi connectivity index (χ1) is 14.7. The predicted octanol–water partition coefficient (Wildman–Crippen LogP) is 5.12. The number of urea groups is 1. The van der Waals surface area contributed by atoms with E-state index >= 15 is 0 Å². The van der Waals surface area contributed by atoms with E-state index in [1.807, 2.05) is 12.1 Å². The Labute approximate surface area is 181 Å². The van der Waals surface area contributed by atoms with Crippen LogP contribution in [0.3, 0.4) is 0 Å². The SMILES string of the molecule is O=C(NC1CCN(CCc2ccc(F)cc2)C1)N(C1CCCCC1)C1CCCCC1. The van der Waals surface area contributed by atoms with Gasteiger partial charge in [0.25, 0.3) is 0 Å². The predicted molar refractivity (Wildman–Crippen MR) is 119 cm³/mol. The summed E-state index contributed by atoms with van der Waals surface area (Å²) in [6.45, 7) is 2.92. The van der Waals surface area contributed by atoms with Gasteiger partial charge in [-0.3, -0.25) is 0 Å². The molecule has 4 nitrogen and oxygen atoms in total. The van der Waals surface area contributed by atoms with E-state index in [1.165, 1.54) is 81.9 Å². The molecule has 1 heterocycles. The van der Waals surface area contributed by atoms with Gasteiger partial charge >= 0.3 is 6.03 Å². The fraction of sp³-hybridized carbons (Fsp3) is 0.720. The molecule has 1 aliphatic heterocycles. The van der Waals surface area contributed by atoms with Crippen molar-refractivity contribution in [2.45, 2.75) is 95.2 Å². The van der Waals surface area contributed by atoms with Crippen molar-refractivity contribution in [3.05, 3.63) is 35.6 Å². The van der Waals surface area contributed by atoms with E-state index in [0.717, 1.165) is 32.5 Å². The first kappa shape index (κ1) is 21.6. The second-order valence-corrected chi connectivity index (χ2v) is 9.60. The van der Waals surface area contributed by atoms with Crippen LogP contribution in [0.5, 0.6) is 0 Å². The van der Waals surface area contributed by atoms with E-state index in [-0.39, 0.29) is 17.9 Å². The molecule has 2 aliphatic carbocycles. The Bertz CT molecular complexity index is 649. The average molecular weight is 416 g/mol. The minimum atomic E-state index is -0.178. The lowest BCUT2D eigenvalue weighted by molar-refractivity contribution is 0.103. The average Bonchev–Trinajstić information content (AvgIpc) is 3.22. The van der Waals surface area contributed by atoms with Gasteiger partial charge in [0.2, 0.25) is 0 Å². The van der Waals surface area contributed by atoms with Crippen molar-refractivity contribution >= 4 is 6.03 Å². The normalized spacial score (nSPS) is 24.1. The minimum Gasteiger partial charge on any atom is -0.334 e. The summed E-state index contributed by atoms with van der Waals surface area (Å²) in [6.07, 6.45) is 14.4. The zero-order chi connectivity index (χ0) is 20.8. The number of nitrogens with zero attached hydrogens (tertiary/aromatic N) is 2. The van der Waals surface area contributed by atoms with E-state index in [1.54, 1.807) is 0 Å². The number of hydrogen-bond donors (Lipinski definition) is 1. The van der Waals surface area contributed by atoms with E-state index in [9.17, 15) is 9.18 Å². The van der Waals surface area contributed by atoms with Crippen molar-refractivity contribution < 1.29 is 9.18 Å². The van der Waals surface area contributed by atoms with Gasteiger partial charge in [0, 0.05) is 37.8 Å². The first-order valence-electron chi connectivity index (χ1n) is 12.2. The van der Waals surface area contributed by atoms with Gasteiger partial charge in [0.05, 0.1) is 0 Å². The molecule has 0 radical (unpaired) electrons. The Morgan fingerprint density at radius 2 is 1.53 bits per heavy atom. The molecule has 0 aromatic heterocycles.